The summed E-state index contributed by atoms with van der Waals surface area (Å²) in [4.78, 5) is 2.32. The van der Waals surface area contributed by atoms with Crippen molar-refractivity contribution in [3.63, 3.8) is 0 Å². The van der Waals surface area contributed by atoms with E-state index < -0.39 is 0 Å². The van der Waals surface area contributed by atoms with E-state index in [1.807, 2.05) is 17.9 Å². The van der Waals surface area contributed by atoms with Crippen LogP contribution in [0.1, 0.15) is 12.8 Å². The van der Waals surface area contributed by atoms with Gasteiger partial charge in [0.05, 0.1) is 6.20 Å². The smallest absolute Gasteiger partial charge is 0.147 e. The van der Waals surface area contributed by atoms with Crippen molar-refractivity contribution < 1.29 is 0 Å². The molecular weight excluding hydrogens is 200 g/mol. The Kier molecular flexibility index (Phi) is 2.91. The van der Waals surface area contributed by atoms with Gasteiger partial charge in [-0.3, -0.25) is 0 Å². The van der Waals surface area contributed by atoms with Crippen LogP contribution in [-0.4, -0.2) is 34.0 Å². The highest BCUT2D eigenvalue weighted by Crippen LogP contribution is 2.22. The van der Waals surface area contributed by atoms with E-state index in [0.29, 0.717) is 5.92 Å². The van der Waals surface area contributed by atoms with E-state index in [0.717, 1.165) is 24.8 Å². The maximum atomic E-state index is 5.88. The van der Waals surface area contributed by atoms with E-state index in [1.165, 1.54) is 12.8 Å². The van der Waals surface area contributed by atoms with Crippen LogP contribution in [0.5, 0.6) is 0 Å². The molecule has 0 N–H and O–H groups in total. The van der Waals surface area contributed by atoms with E-state index in [9.17, 15) is 0 Å². The standard InChI is InChI=1S/C9H15ClN4/c1-13-9(6-11-12-13)14-4-2-3-8(5-10)7-14/h6,8H,2-5,7H2,1H3. The first kappa shape index (κ1) is 9.77. The fraction of sp³-hybridized carbons (Fsp3) is 0.778. The van der Waals surface area contributed by atoms with Gasteiger partial charge in [0.25, 0.3) is 0 Å². The van der Waals surface area contributed by atoms with Gasteiger partial charge in [0.15, 0.2) is 0 Å². The number of hydrogen-bond donors (Lipinski definition) is 0. The number of alkyl halides is 1. The van der Waals surface area contributed by atoms with Crippen LogP contribution in [0.4, 0.5) is 5.82 Å². The topological polar surface area (TPSA) is 34.0 Å². The second-order valence-corrected chi connectivity index (χ2v) is 4.13. The van der Waals surface area contributed by atoms with E-state index in [2.05, 4.69) is 15.2 Å². The third-order valence-corrected chi connectivity index (χ3v) is 3.19. The fourth-order valence-electron chi connectivity index (χ4n) is 1.97. The molecule has 1 aromatic heterocycles. The third kappa shape index (κ3) is 1.85. The second kappa shape index (κ2) is 4.17. The molecule has 2 heterocycles. The van der Waals surface area contributed by atoms with Crippen LogP contribution in [0.3, 0.4) is 0 Å². The average molecular weight is 215 g/mol. The van der Waals surface area contributed by atoms with Gasteiger partial charge in [-0.1, -0.05) is 5.21 Å². The molecule has 1 atom stereocenters. The Morgan fingerprint density at radius 2 is 2.50 bits per heavy atom. The van der Waals surface area contributed by atoms with Gasteiger partial charge in [0, 0.05) is 26.0 Å². The highest BCUT2D eigenvalue weighted by Gasteiger charge is 2.21. The summed E-state index contributed by atoms with van der Waals surface area (Å²) < 4.78 is 1.82. The quantitative estimate of drug-likeness (QED) is 0.696. The van der Waals surface area contributed by atoms with Crippen LogP contribution in [0.15, 0.2) is 6.20 Å². The third-order valence-electron chi connectivity index (χ3n) is 2.75. The molecule has 0 aromatic carbocycles. The maximum Gasteiger partial charge on any atom is 0.147 e. The number of piperidine rings is 1. The molecule has 0 spiro atoms. The Bertz CT molecular complexity index is 299. The Balaban J connectivity index is 2.08. The summed E-state index contributed by atoms with van der Waals surface area (Å²) in [5.74, 6) is 2.46. The molecule has 1 unspecified atom stereocenters. The van der Waals surface area contributed by atoms with Crippen molar-refractivity contribution in [2.24, 2.45) is 13.0 Å². The van der Waals surface area contributed by atoms with Crippen LogP contribution < -0.4 is 4.90 Å². The van der Waals surface area contributed by atoms with Gasteiger partial charge in [-0.15, -0.1) is 16.7 Å². The number of halogens is 1. The molecule has 0 saturated carbocycles. The van der Waals surface area contributed by atoms with E-state index >= 15 is 0 Å². The Hall–Kier alpha value is -0.770. The summed E-state index contributed by atoms with van der Waals surface area (Å²) in [6.45, 7) is 2.12. The summed E-state index contributed by atoms with van der Waals surface area (Å²) in [7, 11) is 1.92. The van der Waals surface area contributed by atoms with Crippen molar-refractivity contribution >= 4 is 17.4 Å². The zero-order valence-corrected chi connectivity index (χ0v) is 9.11. The molecule has 1 aromatic rings. The molecule has 1 saturated heterocycles. The summed E-state index contributed by atoms with van der Waals surface area (Å²) in [6, 6.07) is 0. The monoisotopic (exact) mass is 214 g/mol. The molecule has 1 fully saturated rings. The number of rotatable bonds is 2. The van der Waals surface area contributed by atoms with Crippen LogP contribution in [0.2, 0.25) is 0 Å². The number of nitrogens with zero attached hydrogens (tertiary/aromatic N) is 4. The molecular formula is C9H15ClN4. The molecule has 1 aliphatic rings. The zero-order chi connectivity index (χ0) is 9.97. The SMILES string of the molecule is Cn1nncc1N1CCCC(CCl)C1. The van der Waals surface area contributed by atoms with Gasteiger partial charge in [0.1, 0.15) is 5.82 Å². The molecule has 2 rings (SSSR count). The highest BCUT2D eigenvalue weighted by atomic mass is 35.5. The van der Waals surface area contributed by atoms with Crippen LogP contribution >= 0.6 is 11.6 Å². The van der Waals surface area contributed by atoms with Crippen molar-refractivity contribution in [3.8, 4) is 0 Å². The van der Waals surface area contributed by atoms with Crippen molar-refractivity contribution in [2.75, 3.05) is 23.9 Å². The predicted octanol–water partition coefficient (Wildman–Crippen LogP) is 1.27. The number of aromatic nitrogens is 3. The lowest BCUT2D eigenvalue weighted by molar-refractivity contribution is 0.444. The molecule has 0 radical (unpaired) electrons. The maximum absolute atomic E-state index is 5.88. The number of hydrogen-bond acceptors (Lipinski definition) is 3. The first-order valence-electron chi connectivity index (χ1n) is 4.97. The van der Waals surface area contributed by atoms with E-state index in [4.69, 9.17) is 11.6 Å². The Morgan fingerprint density at radius 3 is 3.14 bits per heavy atom. The van der Waals surface area contributed by atoms with E-state index in [1.54, 1.807) is 0 Å². The molecule has 5 heteroatoms. The second-order valence-electron chi connectivity index (χ2n) is 3.82. The molecule has 0 aliphatic carbocycles. The van der Waals surface area contributed by atoms with Gasteiger partial charge >= 0.3 is 0 Å². The van der Waals surface area contributed by atoms with Crippen molar-refractivity contribution in [1.29, 1.82) is 0 Å². The lowest BCUT2D eigenvalue weighted by atomic mass is 10.0. The molecule has 78 valence electrons. The van der Waals surface area contributed by atoms with Crippen LogP contribution in [-0.2, 0) is 7.05 Å². The largest absolute Gasteiger partial charge is 0.355 e. The van der Waals surface area contributed by atoms with Crippen molar-refractivity contribution in [1.82, 2.24) is 15.0 Å². The minimum Gasteiger partial charge on any atom is -0.355 e. The summed E-state index contributed by atoms with van der Waals surface area (Å²) in [5, 5.41) is 7.82. The van der Waals surface area contributed by atoms with Gasteiger partial charge in [-0.05, 0) is 18.8 Å². The molecule has 0 bridgehead atoms. The van der Waals surface area contributed by atoms with Crippen molar-refractivity contribution in [2.45, 2.75) is 12.8 Å². The number of aryl methyl sites for hydroxylation is 1. The van der Waals surface area contributed by atoms with Crippen LogP contribution in [0, 0.1) is 5.92 Å². The summed E-state index contributed by atoms with van der Waals surface area (Å²) in [6.07, 6.45) is 4.27. The van der Waals surface area contributed by atoms with Gasteiger partial charge < -0.3 is 4.90 Å². The lowest BCUT2D eigenvalue weighted by Crippen LogP contribution is -2.37. The van der Waals surface area contributed by atoms with Crippen LogP contribution in [0.25, 0.3) is 0 Å². The highest BCUT2D eigenvalue weighted by molar-refractivity contribution is 6.18. The lowest BCUT2D eigenvalue weighted by Gasteiger charge is -2.32. The zero-order valence-electron chi connectivity index (χ0n) is 8.36. The predicted molar refractivity (Wildman–Crippen MR) is 56.7 cm³/mol. The van der Waals surface area contributed by atoms with Gasteiger partial charge in [-0.25, -0.2) is 4.68 Å². The van der Waals surface area contributed by atoms with Crippen molar-refractivity contribution in [3.05, 3.63) is 6.20 Å². The molecule has 1 aliphatic heterocycles. The minimum absolute atomic E-state index is 0.611. The van der Waals surface area contributed by atoms with E-state index in [-0.39, 0.29) is 0 Å². The fourth-order valence-corrected chi connectivity index (χ4v) is 2.22. The Morgan fingerprint density at radius 1 is 1.64 bits per heavy atom. The molecule has 4 nitrogen and oxygen atoms in total. The first-order valence-corrected chi connectivity index (χ1v) is 5.50. The average Bonchev–Trinajstić information content (AvgIpc) is 2.65. The first-order chi connectivity index (χ1) is 6.81. The normalized spacial score (nSPS) is 22.7. The molecule has 0 amide bonds. The molecule has 14 heavy (non-hydrogen) atoms. The number of anilines is 1. The Labute approximate surface area is 88.8 Å². The van der Waals surface area contributed by atoms with Gasteiger partial charge in [0.2, 0.25) is 0 Å². The summed E-state index contributed by atoms with van der Waals surface area (Å²) >= 11 is 5.88. The van der Waals surface area contributed by atoms with Gasteiger partial charge in [-0.2, -0.15) is 0 Å². The minimum atomic E-state index is 0.611. The summed E-state index contributed by atoms with van der Waals surface area (Å²) in [5.41, 5.74) is 0.